The van der Waals surface area contributed by atoms with Crippen LogP contribution in [-0.4, -0.2) is 49.1 Å². The summed E-state index contributed by atoms with van der Waals surface area (Å²) in [5.41, 5.74) is 1.34. The second-order valence-corrected chi connectivity index (χ2v) is 15.8. The van der Waals surface area contributed by atoms with Crippen LogP contribution in [0.4, 0.5) is 19.0 Å². The van der Waals surface area contributed by atoms with Crippen molar-refractivity contribution < 1.29 is 27.8 Å². The van der Waals surface area contributed by atoms with Gasteiger partial charge >= 0.3 is 5.92 Å². The number of halogens is 3. The predicted octanol–water partition coefficient (Wildman–Crippen LogP) is 6.37. The maximum absolute atomic E-state index is 15.4. The number of nitrogens with zero attached hydrogens (tertiary/aromatic N) is 2. The van der Waals surface area contributed by atoms with Gasteiger partial charge in [0.2, 0.25) is 0 Å². The lowest BCUT2D eigenvalue weighted by molar-refractivity contribution is -0.170. The molecular weight excluding hydrogens is 523 g/mol. The smallest absolute Gasteiger partial charge is 0.303 e. The molecule has 2 N–H and O–H groups in total. The summed E-state index contributed by atoms with van der Waals surface area (Å²) in [6.45, 7) is 12.4. The molecule has 3 rings (SSSR count). The largest absolute Gasteiger partial charge is 0.490 e. The highest BCUT2D eigenvalue weighted by Crippen LogP contribution is 2.41. The summed E-state index contributed by atoms with van der Waals surface area (Å²) in [5, 5.41) is 13.7. The van der Waals surface area contributed by atoms with Crippen LogP contribution in [0.5, 0.6) is 5.75 Å². The van der Waals surface area contributed by atoms with E-state index in [2.05, 4.69) is 46.4 Å². The number of fused-ring (bicyclic) bond motifs is 1. The van der Waals surface area contributed by atoms with Crippen LogP contribution in [0.2, 0.25) is 19.6 Å². The Hall–Kier alpha value is -3.13. The van der Waals surface area contributed by atoms with Gasteiger partial charge in [-0.05, 0) is 45.9 Å². The fourth-order valence-electron chi connectivity index (χ4n) is 3.83. The highest BCUT2D eigenvalue weighted by Gasteiger charge is 2.49. The van der Waals surface area contributed by atoms with Crippen molar-refractivity contribution in [1.82, 2.24) is 9.97 Å². The van der Waals surface area contributed by atoms with E-state index < -0.39 is 37.0 Å². The number of aryl methyl sites for hydroxylation is 1. The molecule has 1 heterocycles. The molecule has 0 amide bonds. The number of rotatable bonds is 9. The lowest BCUT2D eigenvalue weighted by Gasteiger charge is -2.30. The van der Waals surface area contributed by atoms with Gasteiger partial charge in [-0.25, -0.2) is 14.4 Å². The molecule has 6 nitrogen and oxygen atoms in total. The molecule has 1 unspecified atom stereocenters. The molecule has 0 bridgehead atoms. The minimum atomic E-state index is -3.80. The van der Waals surface area contributed by atoms with Crippen LogP contribution in [0.1, 0.15) is 49.3 Å². The second-order valence-electron chi connectivity index (χ2n) is 11.0. The van der Waals surface area contributed by atoms with Crippen molar-refractivity contribution in [1.29, 1.82) is 0 Å². The van der Waals surface area contributed by atoms with Crippen molar-refractivity contribution in [3.8, 4) is 17.2 Å². The van der Waals surface area contributed by atoms with Crippen molar-refractivity contribution in [2.45, 2.75) is 64.9 Å². The van der Waals surface area contributed by atoms with Gasteiger partial charge in [0, 0.05) is 18.1 Å². The van der Waals surface area contributed by atoms with Gasteiger partial charge in [0.15, 0.2) is 0 Å². The molecule has 0 aliphatic heterocycles. The molecular formula is C29H36F3N3O3Si. The molecule has 39 heavy (non-hydrogen) atoms. The first-order valence-electron chi connectivity index (χ1n) is 12.7. The Bertz CT molecular complexity index is 1410. The normalized spacial score (nSPS) is 13.1. The summed E-state index contributed by atoms with van der Waals surface area (Å²) in [6.07, 6.45) is 0. The Morgan fingerprint density at radius 1 is 1.13 bits per heavy atom. The monoisotopic (exact) mass is 559 g/mol. The number of methoxy groups -OCH3 is 1. The number of alkyl halides is 2. The van der Waals surface area contributed by atoms with Crippen molar-refractivity contribution >= 4 is 24.8 Å². The summed E-state index contributed by atoms with van der Waals surface area (Å²) in [6, 6.07) is 6.63. The van der Waals surface area contributed by atoms with Gasteiger partial charge in [-0.1, -0.05) is 37.7 Å². The third-order valence-corrected chi connectivity index (χ3v) is 6.86. The molecule has 0 fully saturated rings. The molecule has 0 spiro atoms. The average molecular weight is 560 g/mol. The van der Waals surface area contributed by atoms with Gasteiger partial charge in [0.1, 0.15) is 43.5 Å². The van der Waals surface area contributed by atoms with Crippen LogP contribution in [0.25, 0.3) is 10.9 Å². The number of hydrogen-bond acceptors (Lipinski definition) is 6. The van der Waals surface area contributed by atoms with Crippen LogP contribution in [-0.2, 0) is 10.7 Å². The molecule has 1 aromatic heterocycles. The van der Waals surface area contributed by atoms with E-state index in [1.54, 1.807) is 27.0 Å². The minimum absolute atomic E-state index is 0.00929. The van der Waals surface area contributed by atoms with Crippen LogP contribution in [0, 0.1) is 24.2 Å². The van der Waals surface area contributed by atoms with E-state index >= 15 is 4.39 Å². The van der Waals surface area contributed by atoms with E-state index in [1.165, 1.54) is 12.1 Å². The van der Waals surface area contributed by atoms with Gasteiger partial charge in [0.05, 0.1) is 29.3 Å². The first-order chi connectivity index (χ1) is 18.0. The van der Waals surface area contributed by atoms with Crippen molar-refractivity contribution in [2.24, 2.45) is 0 Å². The summed E-state index contributed by atoms with van der Waals surface area (Å²) >= 11 is 0. The molecule has 1 atom stereocenters. The zero-order valence-electron chi connectivity index (χ0n) is 23.7. The van der Waals surface area contributed by atoms with E-state index in [0.717, 1.165) is 19.9 Å². The fourth-order valence-corrected chi connectivity index (χ4v) is 4.34. The van der Waals surface area contributed by atoms with E-state index in [4.69, 9.17) is 9.47 Å². The van der Waals surface area contributed by atoms with Crippen molar-refractivity contribution in [2.75, 3.05) is 25.6 Å². The quantitative estimate of drug-likeness (QED) is 0.180. The number of anilines is 1. The topological polar surface area (TPSA) is 76.5 Å². The molecule has 3 aromatic rings. The molecule has 210 valence electrons. The number of benzene rings is 2. The second kappa shape index (κ2) is 11.5. The summed E-state index contributed by atoms with van der Waals surface area (Å²) in [4.78, 5) is 9.08. The van der Waals surface area contributed by atoms with E-state index in [1.807, 2.05) is 6.07 Å². The third kappa shape index (κ3) is 7.09. The molecule has 2 aromatic carbocycles. The Kier molecular flexibility index (Phi) is 9.00. The molecule has 0 saturated heterocycles. The minimum Gasteiger partial charge on any atom is -0.490 e. The number of hydrogen-bond donors (Lipinski definition) is 2. The number of aliphatic hydroxyl groups is 1. The number of ether oxygens (including phenoxy) is 2. The van der Waals surface area contributed by atoms with Gasteiger partial charge < -0.3 is 19.9 Å². The van der Waals surface area contributed by atoms with Crippen molar-refractivity contribution in [3.63, 3.8) is 0 Å². The van der Waals surface area contributed by atoms with Gasteiger partial charge in [-0.15, -0.1) is 5.54 Å². The summed E-state index contributed by atoms with van der Waals surface area (Å²) in [5.74, 6) is -0.250. The van der Waals surface area contributed by atoms with E-state index in [-0.39, 0.29) is 5.56 Å². The average Bonchev–Trinajstić information content (AvgIpc) is 2.81. The highest BCUT2D eigenvalue weighted by atomic mass is 28.3. The Labute approximate surface area is 229 Å². The highest BCUT2D eigenvalue weighted by molar-refractivity contribution is 6.83. The van der Waals surface area contributed by atoms with Crippen molar-refractivity contribution in [3.05, 3.63) is 58.7 Å². The summed E-state index contributed by atoms with van der Waals surface area (Å²) in [7, 11) is -0.0917. The first kappa shape index (κ1) is 30.4. The lowest BCUT2D eigenvalue weighted by Crippen LogP contribution is -2.41. The Balaban J connectivity index is 2.09. The maximum Gasteiger partial charge on any atom is 0.303 e. The standard InChI is InChI=1S/C29H36F3N3O3Si/c1-18(21-10-9-11-23(26(21)30)29(31,32)28(3,4)36)33-27-22-17-25(38-14-13-37-5)20(12-15-39(6,7)8)16-24(22)34-19(2)35-27/h9-11,16-18,36H,13-14H2,1-8H3,(H,33,34,35). The Morgan fingerprint density at radius 3 is 2.44 bits per heavy atom. The SMILES string of the molecule is COCCOc1cc2c(NC(C)c3cccc(C(F)(F)C(C)(C)O)c3F)nc(C)nc2cc1C#C[Si](C)(C)C. The van der Waals surface area contributed by atoms with E-state index in [9.17, 15) is 13.9 Å². The van der Waals surface area contributed by atoms with Gasteiger partial charge in [-0.2, -0.15) is 8.78 Å². The zero-order valence-corrected chi connectivity index (χ0v) is 24.7. The third-order valence-electron chi connectivity index (χ3n) is 5.98. The fraction of sp³-hybridized carbons (Fsp3) is 0.448. The summed E-state index contributed by atoms with van der Waals surface area (Å²) < 4.78 is 56.2. The number of aromatic nitrogens is 2. The van der Waals surface area contributed by atoms with Crippen LogP contribution >= 0.6 is 0 Å². The molecule has 0 aliphatic rings. The lowest BCUT2D eigenvalue weighted by atomic mass is 9.91. The number of nitrogens with one attached hydrogen (secondary N) is 1. The van der Waals surface area contributed by atoms with E-state index in [0.29, 0.717) is 47.1 Å². The van der Waals surface area contributed by atoms with Crippen LogP contribution < -0.4 is 10.1 Å². The molecule has 0 aliphatic carbocycles. The predicted molar refractivity (Wildman–Crippen MR) is 150 cm³/mol. The molecule has 0 radical (unpaired) electrons. The van der Waals surface area contributed by atoms with Gasteiger partial charge in [0.25, 0.3) is 0 Å². The Morgan fingerprint density at radius 2 is 1.82 bits per heavy atom. The maximum atomic E-state index is 15.4. The van der Waals surface area contributed by atoms with Crippen LogP contribution in [0.3, 0.4) is 0 Å². The first-order valence-corrected chi connectivity index (χ1v) is 16.2. The molecule has 10 heteroatoms. The van der Waals surface area contributed by atoms with Crippen LogP contribution in [0.15, 0.2) is 30.3 Å². The zero-order chi connectivity index (χ0) is 29.2. The van der Waals surface area contributed by atoms with Gasteiger partial charge in [-0.3, -0.25) is 0 Å². The molecule has 0 saturated carbocycles.